The summed E-state index contributed by atoms with van der Waals surface area (Å²) in [6.07, 6.45) is 1.90. The molecule has 0 bridgehead atoms. The second kappa shape index (κ2) is 5.56. The van der Waals surface area contributed by atoms with Gasteiger partial charge in [0.05, 0.1) is 12.8 Å². The highest BCUT2D eigenvalue weighted by atomic mass is 16.5. The van der Waals surface area contributed by atoms with Crippen LogP contribution in [0.5, 0.6) is 5.75 Å². The van der Waals surface area contributed by atoms with Crippen LogP contribution in [0.1, 0.15) is 21.6 Å². The van der Waals surface area contributed by atoms with Crippen molar-refractivity contribution in [3.8, 4) is 5.75 Å². The summed E-state index contributed by atoms with van der Waals surface area (Å²) in [4.78, 5) is 12.0. The maximum Gasteiger partial charge on any atom is 0.251 e. The summed E-state index contributed by atoms with van der Waals surface area (Å²) >= 11 is 0. The number of methoxy groups -OCH3 is 1. The predicted octanol–water partition coefficient (Wildman–Crippen LogP) is 1.67. The topological polar surface area (TPSA) is 56.1 Å². The smallest absolute Gasteiger partial charge is 0.251 e. The fourth-order valence-electron chi connectivity index (χ4n) is 1.86. The number of hydrogen-bond donors (Lipinski definition) is 1. The fraction of sp³-hybridized carbons (Fsp3) is 0.286. The molecule has 2 aromatic rings. The molecule has 0 unspecified atom stereocenters. The summed E-state index contributed by atoms with van der Waals surface area (Å²) in [6.45, 7) is 2.39. The van der Waals surface area contributed by atoms with E-state index >= 15 is 0 Å². The molecular weight excluding hydrogens is 242 g/mol. The number of ether oxygens (including phenoxy) is 1. The van der Waals surface area contributed by atoms with Crippen molar-refractivity contribution in [2.45, 2.75) is 13.5 Å². The normalized spacial score (nSPS) is 10.3. The summed E-state index contributed by atoms with van der Waals surface area (Å²) in [7, 11) is 3.44. The Kier molecular flexibility index (Phi) is 3.85. The summed E-state index contributed by atoms with van der Waals surface area (Å²) in [5.74, 6) is 0.548. The monoisotopic (exact) mass is 259 g/mol. The first-order chi connectivity index (χ1) is 9.10. The number of carbonyl (C=O) groups excluding carboxylic acids is 1. The lowest BCUT2D eigenvalue weighted by atomic mass is 10.2. The van der Waals surface area contributed by atoms with E-state index in [1.54, 1.807) is 30.0 Å². The van der Waals surface area contributed by atoms with E-state index in [1.807, 2.05) is 26.2 Å². The number of rotatable bonds is 4. The zero-order valence-corrected chi connectivity index (χ0v) is 11.3. The lowest BCUT2D eigenvalue weighted by molar-refractivity contribution is 0.0950. The minimum atomic E-state index is -0.123. The Labute approximate surface area is 112 Å². The van der Waals surface area contributed by atoms with Crippen LogP contribution in [0, 0.1) is 6.92 Å². The van der Waals surface area contributed by atoms with Crippen molar-refractivity contribution in [1.29, 1.82) is 0 Å². The molecule has 0 radical (unpaired) electrons. The molecule has 0 fully saturated rings. The van der Waals surface area contributed by atoms with Crippen molar-refractivity contribution in [3.05, 3.63) is 47.3 Å². The number of nitrogens with zero attached hydrogens (tertiary/aromatic N) is 2. The van der Waals surface area contributed by atoms with Crippen molar-refractivity contribution in [2.24, 2.45) is 7.05 Å². The van der Waals surface area contributed by atoms with Crippen LogP contribution in [0.25, 0.3) is 0 Å². The summed E-state index contributed by atoms with van der Waals surface area (Å²) in [5, 5.41) is 7.11. The second-order valence-electron chi connectivity index (χ2n) is 4.33. The van der Waals surface area contributed by atoms with Crippen LogP contribution < -0.4 is 10.1 Å². The van der Waals surface area contributed by atoms with Crippen LogP contribution in [0.3, 0.4) is 0 Å². The molecule has 0 aliphatic rings. The van der Waals surface area contributed by atoms with Gasteiger partial charge in [0.2, 0.25) is 0 Å². The molecule has 100 valence electrons. The predicted molar refractivity (Wildman–Crippen MR) is 72.1 cm³/mol. The van der Waals surface area contributed by atoms with E-state index in [9.17, 15) is 4.79 Å². The third-order valence-corrected chi connectivity index (χ3v) is 2.89. The van der Waals surface area contributed by atoms with Gasteiger partial charge in [0.15, 0.2) is 0 Å². The molecule has 2 rings (SSSR count). The largest absolute Gasteiger partial charge is 0.497 e. The molecule has 0 aliphatic heterocycles. The number of amides is 1. The number of aromatic nitrogens is 2. The van der Waals surface area contributed by atoms with Crippen LogP contribution in [0.15, 0.2) is 30.5 Å². The molecule has 1 aromatic heterocycles. The van der Waals surface area contributed by atoms with E-state index in [-0.39, 0.29) is 5.91 Å². The molecule has 19 heavy (non-hydrogen) atoms. The average molecular weight is 259 g/mol. The van der Waals surface area contributed by atoms with E-state index in [2.05, 4.69) is 10.4 Å². The van der Waals surface area contributed by atoms with Gasteiger partial charge in [0.25, 0.3) is 5.91 Å². The van der Waals surface area contributed by atoms with Crippen molar-refractivity contribution < 1.29 is 9.53 Å². The lowest BCUT2D eigenvalue weighted by Crippen LogP contribution is -2.22. The SMILES string of the molecule is COc1cccc(C(=O)NCc2cn(C)nc2C)c1. The van der Waals surface area contributed by atoms with Crippen molar-refractivity contribution in [2.75, 3.05) is 7.11 Å². The van der Waals surface area contributed by atoms with Gasteiger partial charge in [-0.05, 0) is 25.1 Å². The molecule has 0 saturated carbocycles. The quantitative estimate of drug-likeness (QED) is 0.908. The minimum absolute atomic E-state index is 0.123. The molecule has 0 saturated heterocycles. The van der Waals surface area contributed by atoms with E-state index in [0.717, 1.165) is 11.3 Å². The summed E-state index contributed by atoms with van der Waals surface area (Å²) in [5.41, 5.74) is 2.52. The molecule has 1 heterocycles. The molecule has 0 spiro atoms. The Hall–Kier alpha value is -2.30. The maximum absolute atomic E-state index is 12.0. The zero-order chi connectivity index (χ0) is 13.8. The van der Waals surface area contributed by atoms with Crippen molar-refractivity contribution in [1.82, 2.24) is 15.1 Å². The van der Waals surface area contributed by atoms with Gasteiger partial charge in [-0.25, -0.2) is 0 Å². The second-order valence-corrected chi connectivity index (χ2v) is 4.33. The first kappa shape index (κ1) is 13.1. The highest BCUT2D eigenvalue weighted by molar-refractivity contribution is 5.94. The third-order valence-electron chi connectivity index (χ3n) is 2.89. The fourth-order valence-corrected chi connectivity index (χ4v) is 1.86. The van der Waals surface area contributed by atoms with E-state index < -0.39 is 0 Å². The van der Waals surface area contributed by atoms with E-state index in [0.29, 0.717) is 17.9 Å². The van der Waals surface area contributed by atoms with Crippen molar-refractivity contribution >= 4 is 5.91 Å². The van der Waals surface area contributed by atoms with Crippen LogP contribution in [0.4, 0.5) is 0 Å². The standard InChI is InChI=1S/C14H17N3O2/c1-10-12(9-17(2)16-10)8-15-14(18)11-5-4-6-13(7-11)19-3/h4-7,9H,8H2,1-3H3,(H,15,18). The van der Waals surface area contributed by atoms with Gasteiger partial charge in [-0.2, -0.15) is 5.10 Å². The summed E-state index contributed by atoms with van der Waals surface area (Å²) < 4.78 is 6.84. The zero-order valence-electron chi connectivity index (χ0n) is 11.3. The van der Waals surface area contributed by atoms with Crippen molar-refractivity contribution in [3.63, 3.8) is 0 Å². The number of carbonyl (C=O) groups is 1. The van der Waals surface area contributed by atoms with Crippen LogP contribution in [-0.4, -0.2) is 22.8 Å². The molecule has 0 atom stereocenters. The first-order valence-electron chi connectivity index (χ1n) is 6.01. The van der Waals surface area contributed by atoms with Crippen LogP contribution in [-0.2, 0) is 13.6 Å². The number of hydrogen-bond acceptors (Lipinski definition) is 3. The Balaban J connectivity index is 2.03. The first-order valence-corrected chi connectivity index (χ1v) is 6.01. The van der Waals surface area contributed by atoms with Gasteiger partial charge in [-0.1, -0.05) is 6.07 Å². The van der Waals surface area contributed by atoms with Crippen LogP contribution in [0.2, 0.25) is 0 Å². The highest BCUT2D eigenvalue weighted by Crippen LogP contribution is 2.12. The number of benzene rings is 1. The number of aryl methyl sites for hydroxylation is 2. The molecule has 1 amide bonds. The molecule has 0 aliphatic carbocycles. The van der Waals surface area contributed by atoms with Gasteiger partial charge in [-0.15, -0.1) is 0 Å². The van der Waals surface area contributed by atoms with E-state index in [1.165, 1.54) is 0 Å². The lowest BCUT2D eigenvalue weighted by Gasteiger charge is -2.06. The Bertz CT molecular complexity index is 590. The van der Waals surface area contributed by atoms with Gasteiger partial charge in [-0.3, -0.25) is 9.48 Å². The Morgan fingerprint density at radius 3 is 2.89 bits per heavy atom. The number of nitrogens with one attached hydrogen (secondary N) is 1. The molecule has 5 heteroatoms. The third kappa shape index (κ3) is 3.13. The maximum atomic E-state index is 12.0. The van der Waals surface area contributed by atoms with Gasteiger partial charge in [0.1, 0.15) is 5.75 Å². The molecular formula is C14H17N3O2. The Morgan fingerprint density at radius 2 is 2.26 bits per heavy atom. The van der Waals surface area contributed by atoms with Gasteiger partial charge >= 0.3 is 0 Å². The average Bonchev–Trinajstić information content (AvgIpc) is 2.74. The summed E-state index contributed by atoms with van der Waals surface area (Å²) in [6, 6.07) is 7.07. The molecule has 1 N–H and O–H groups in total. The minimum Gasteiger partial charge on any atom is -0.497 e. The highest BCUT2D eigenvalue weighted by Gasteiger charge is 2.08. The van der Waals surface area contributed by atoms with Crippen LogP contribution >= 0.6 is 0 Å². The molecule has 5 nitrogen and oxygen atoms in total. The molecule has 1 aromatic carbocycles. The van der Waals surface area contributed by atoms with Gasteiger partial charge < -0.3 is 10.1 Å². The van der Waals surface area contributed by atoms with Gasteiger partial charge in [0, 0.05) is 30.9 Å². The Morgan fingerprint density at radius 1 is 1.47 bits per heavy atom. The van der Waals surface area contributed by atoms with E-state index in [4.69, 9.17) is 4.74 Å².